The molecule has 0 bridgehead atoms. The zero-order valence-electron chi connectivity index (χ0n) is 16.5. The summed E-state index contributed by atoms with van der Waals surface area (Å²) in [5, 5.41) is 1.39. The van der Waals surface area contributed by atoms with Crippen molar-refractivity contribution in [3.05, 3.63) is 59.2 Å². The Labute approximate surface area is 159 Å². The molecule has 0 radical (unpaired) electrons. The van der Waals surface area contributed by atoms with E-state index in [9.17, 15) is 0 Å². The molecule has 0 N–H and O–H groups in total. The van der Waals surface area contributed by atoms with Gasteiger partial charge in [-0.15, -0.1) is 0 Å². The van der Waals surface area contributed by atoms with E-state index in [0.717, 1.165) is 18.6 Å². The van der Waals surface area contributed by atoms with Gasteiger partial charge in [-0.1, -0.05) is 58.3 Å². The molecule has 0 spiro atoms. The molecule has 2 rings (SSSR count). The Balaban J connectivity index is 2.49. The van der Waals surface area contributed by atoms with Crippen molar-refractivity contribution < 1.29 is 9.47 Å². The van der Waals surface area contributed by atoms with Gasteiger partial charge in [0, 0.05) is 31.1 Å². The Morgan fingerprint density at radius 3 is 2.50 bits per heavy atom. The summed E-state index contributed by atoms with van der Waals surface area (Å²) in [6, 6.07) is 15.0. The fraction of sp³-hybridized carbons (Fsp3) is 0.409. The second-order valence-electron chi connectivity index (χ2n) is 6.44. The van der Waals surface area contributed by atoms with Crippen molar-refractivity contribution in [2.75, 3.05) is 21.0 Å². The SMILES string of the molecule is CCC(CC)(Pc1ccc(C)cc1/C=N/C)c1ccccc1OCOC. The second-order valence-corrected chi connectivity index (χ2v) is 8.19. The van der Waals surface area contributed by atoms with Crippen LogP contribution in [0.2, 0.25) is 0 Å². The van der Waals surface area contributed by atoms with Crippen LogP contribution < -0.4 is 10.0 Å². The van der Waals surface area contributed by atoms with Gasteiger partial charge >= 0.3 is 0 Å². The first-order valence-electron chi connectivity index (χ1n) is 9.12. The number of benzene rings is 2. The maximum absolute atomic E-state index is 5.89. The monoisotopic (exact) mass is 371 g/mol. The molecule has 0 heterocycles. The highest BCUT2D eigenvalue weighted by atomic mass is 31.1. The van der Waals surface area contributed by atoms with Gasteiger partial charge in [-0.3, -0.25) is 4.99 Å². The van der Waals surface area contributed by atoms with E-state index < -0.39 is 0 Å². The van der Waals surface area contributed by atoms with Gasteiger partial charge in [0.15, 0.2) is 6.79 Å². The fourth-order valence-electron chi connectivity index (χ4n) is 3.28. The van der Waals surface area contributed by atoms with E-state index in [1.807, 2.05) is 25.4 Å². The van der Waals surface area contributed by atoms with Crippen LogP contribution in [0.3, 0.4) is 0 Å². The van der Waals surface area contributed by atoms with Crippen LogP contribution in [0.4, 0.5) is 0 Å². The number of hydrogen-bond acceptors (Lipinski definition) is 3. The smallest absolute Gasteiger partial charge is 0.188 e. The number of methoxy groups -OCH3 is 1. The van der Waals surface area contributed by atoms with Crippen molar-refractivity contribution in [2.45, 2.75) is 38.8 Å². The average Bonchev–Trinajstić information content (AvgIpc) is 2.67. The van der Waals surface area contributed by atoms with Gasteiger partial charge in [0.05, 0.1) is 0 Å². The lowest BCUT2D eigenvalue weighted by atomic mass is 9.92. The maximum Gasteiger partial charge on any atom is 0.188 e. The molecule has 0 saturated heterocycles. The summed E-state index contributed by atoms with van der Waals surface area (Å²) in [7, 11) is 4.12. The van der Waals surface area contributed by atoms with E-state index in [0.29, 0.717) is 8.58 Å². The molecule has 0 aliphatic carbocycles. The standard InChI is InChI=1S/C22H30NO2P/c1-6-22(7-2,19-10-8-9-11-20(19)25-16-24-5)26-21-13-12-17(3)14-18(21)15-23-4/h8-15,26H,6-7,16H2,1-5H3/b23-15+. The lowest BCUT2D eigenvalue weighted by Crippen LogP contribution is -2.24. The molecule has 1 unspecified atom stereocenters. The molecule has 4 heteroatoms. The third-order valence-corrected chi connectivity index (χ3v) is 6.97. The van der Waals surface area contributed by atoms with Crippen molar-refractivity contribution in [2.24, 2.45) is 4.99 Å². The number of aliphatic imine (C=N–C) groups is 1. The highest BCUT2D eigenvalue weighted by molar-refractivity contribution is 7.48. The van der Waals surface area contributed by atoms with Crippen molar-refractivity contribution in [3.8, 4) is 5.75 Å². The van der Waals surface area contributed by atoms with E-state index in [2.05, 4.69) is 56.1 Å². The highest BCUT2D eigenvalue weighted by Crippen LogP contribution is 2.50. The minimum atomic E-state index is 0.0376. The Hall–Kier alpha value is -1.70. The van der Waals surface area contributed by atoms with Crippen LogP contribution in [-0.2, 0) is 9.89 Å². The average molecular weight is 371 g/mol. The molecule has 140 valence electrons. The number of rotatable bonds is 9. The molecule has 3 nitrogen and oxygen atoms in total. The van der Waals surface area contributed by atoms with Crippen LogP contribution in [0.5, 0.6) is 5.75 Å². The van der Waals surface area contributed by atoms with Gasteiger partial charge in [-0.05, 0) is 42.8 Å². The van der Waals surface area contributed by atoms with Crippen molar-refractivity contribution >= 4 is 20.1 Å². The third kappa shape index (κ3) is 4.72. The Kier molecular flexibility index (Phi) is 7.81. The minimum absolute atomic E-state index is 0.0376. The maximum atomic E-state index is 5.89. The zero-order chi connectivity index (χ0) is 19.0. The summed E-state index contributed by atoms with van der Waals surface area (Å²) in [5.41, 5.74) is 3.74. The summed E-state index contributed by atoms with van der Waals surface area (Å²) < 4.78 is 11.0. The van der Waals surface area contributed by atoms with E-state index in [1.54, 1.807) is 7.11 Å². The van der Waals surface area contributed by atoms with Crippen molar-refractivity contribution in [1.29, 1.82) is 0 Å². The van der Waals surface area contributed by atoms with Crippen LogP contribution >= 0.6 is 8.58 Å². The summed E-state index contributed by atoms with van der Waals surface area (Å²) in [6.45, 7) is 6.93. The Bertz CT molecular complexity index is 739. The van der Waals surface area contributed by atoms with Crippen LogP contribution in [0, 0.1) is 6.92 Å². The van der Waals surface area contributed by atoms with Crippen LogP contribution in [0.1, 0.15) is 43.4 Å². The molecule has 0 saturated carbocycles. The highest BCUT2D eigenvalue weighted by Gasteiger charge is 2.32. The van der Waals surface area contributed by atoms with Crippen LogP contribution in [0.15, 0.2) is 47.5 Å². The van der Waals surface area contributed by atoms with Gasteiger partial charge in [0.25, 0.3) is 0 Å². The van der Waals surface area contributed by atoms with Crippen LogP contribution in [-0.4, -0.2) is 27.2 Å². The van der Waals surface area contributed by atoms with E-state index in [1.165, 1.54) is 22.0 Å². The second kappa shape index (κ2) is 9.85. The van der Waals surface area contributed by atoms with Gasteiger partial charge in [-0.25, -0.2) is 0 Å². The normalized spacial score (nSPS) is 12.3. The third-order valence-electron chi connectivity index (χ3n) is 4.79. The summed E-state index contributed by atoms with van der Waals surface area (Å²) >= 11 is 0. The Morgan fingerprint density at radius 2 is 1.85 bits per heavy atom. The van der Waals surface area contributed by atoms with E-state index in [-0.39, 0.29) is 11.9 Å². The van der Waals surface area contributed by atoms with Gasteiger partial charge in [0.1, 0.15) is 5.75 Å². The molecule has 0 aliphatic rings. The molecule has 0 fully saturated rings. The first kappa shape index (κ1) is 20.6. The molecule has 26 heavy (non-hydrogen) atoms. The Morgan fingerprint density at radius 1 is 1.12 bits per heavy atom. The first-order valence-corrected chi connectivity index (χ1v) is 10.1. The molecule has 2 aromatic carbocycles. The number of hydrogen-bond donors (Lipinski definition) is 0. The molecular formula is C22H30NO2P. The topological polar surface area (TPSA) is 30.8 Å². The fourth-order valence-corrected chi connectivity index (χ4v) is 4.94. The molecule has 1 atom stereocenters. The van der Waals surface area contributed by atoms with Gasteiger partial charge in [-0.2, -0.15) is 0 Å². The zero-order valence-corrected chi connectivity index (χ0v) is 17.5. The number of nitrogens with zero attached hydrogens (tertiary/aromatic N) is 1. The van der Waals surface area contributed by atoms with Crippen molar-refractivity contribution in [3.63, 3.8) is 0 Å². The predicted molar refractivity (Wildman–Crippen MR) is 114 cm³/mol. The molecular weight excluding hydrogens is 341 g/mol. The first-order chi connectivity index (χ1) is 12.6. The molecule has 0 aliphatic heterocycles. The predicted octanol–water partition coefficient (Wildman–Crippen LogP) is 5.05. The summed E-state index contributed by atoms with van der Waals surface area (Å²) in [4.78, 5) is 4.26. The molecule has 0 amide bonds. The number of aryl methyl sites for hydroxylation is 1. The summed E-state index contributed by atoms with van der Waals surface area (Å²) in [5.74, 6) is 0.920. The van der Waals surface area contributed by atoms with Gasteiger partial charge in [0.2, 0.25) is 0 Å². The molecule has 2 aromatic rings. The summed E-state index contributed by atoms with van der Waals surface area (Å²) in [6.07, 6.45) is 4.07. The van der Waals surface area contributed by atoms with E-state index >= 15 is 0 Å². The van der Waals surface area contributed by atoms with Gasteiger partial charge < -0.3 is 9.47 Å². The molecule has 0 aromatic heterocycles. The lowest BCUT2D eigenvalue weighted by Gasteiger charge is -2.34. The minimum Gasteiger partial charge on any atom is -0.467 e. The van der Waals surface area contributed by atoms with Crippen molar-refractivity contribution in [1.82, 2.24) is 0 Å². The largest absolute Gasteiger partial charge is 0.467 e. The quantitative estimate of drug-likeness (QED) is 0.351. The lowest BCUT2D eigenvalue weighted by molar-refractivity contribution is 0.0499. The number of para-hydroxylation sites is 1. The van der Waals surface area contributed by atoms with Crippen LogP contribution in [0.25, 0.3) is 0 Å². The number of ether oxygens (including phenoxy) is 2. The van der Waals surface area contributed by atoms with E-state index in [4.69, 9.17) is 9.47 Å².